The number of nitrogens with one attached hydrogen (secondary N) is 1. The Labute approximate surface area is 137 Å². The summed E-state index contributed by atoms with van der Waals surface area (Å²) in [6.07, 6.45) is 4.17. The van der Waals surface area contributed by atoms with Crippen LogP contribution in [-0.4, -0.2) is 25.8 Å². The van der Waals surface area contributed by atoms with E-state index in [1.165, 1.54) is 4.88 Å². The number of carbonyl (C=O) groups excluding carboxylic acids is 1. The molecule has 120 valence electrons. The first-order chi connectivity index (χ1) is 11.2. The van der Waals surface area contributed by atoms with Crippen LogP contribution in [0.5, 0.6) is 0 Å². The first-order valence-electron chi connectivity index (χ1n) is 7.29. The maximum Gasteiger partial charge on any atom is 0.246 e. The van der Waals surface area contributed by atoms with Crippen molar-refractivity contribution in [3.05, 3.63) is 52.6 Å². The second-order valence-electron chi connectivity index (χ2n) is 5.21. The lowest BCUT2D eigenvalue weighted by Gasteiger charge is -2.10. The van der Waals surface area contributed by atoms with Gasteiger partial charge in [-0.2, -0.15) is 10.1 Å². The van der Waals surface area contributed by atoms with E-state index in [0.29, 0.717) is 24.7 Å². The Morgan fingerprint density at radius 2 is 2.39 bits per heavy atom. The van der Waals surface area contributed by atoms with Gasteiger partial charge in [-0.15, -0.1) is 11.3 Å². The molecule has 0 bridgehead atoms. The zero-order valence-corrected chi connectivity index (χ0v) is 13.5. The summed E-state index contributed by atoms with van der Waals surface area (Å²) in [5, 5.41) is 12.8. The summed E-state index contributed by atoms with van der Waals surface area (Å²) in [5.41, 5.74) is 0. The van der Waals surface area contributed by atoms with E-state index in [0.717, 1.165) is 0 Å². The molecule has 1 unspecified atom stereocenters. The van der Waals surface area contributed by atoms with Crippen molar-refractivity contribution in [3.63, 3.8) is 0 Å². The van der Waals surface area contributed by atoms with Gasteiger partial charge < -0.3 is 9.84 Å². The molecule has 3 aromatic heterocycles. The van der Waals surface area contributed by atoms with Gasteiger partial charge in [-0.05, 0) is 17.5 Å². The molecule has 3 heterocycles. The van der Waals surface area contributed by atoms with E-state index < -0.39 is 0 Å². The number of hydrogen-bond donors (Lipinski definition) is 1. The van der Waals surface area contributed by atoms with Gasteiger partial charge in [0, 0.05) is 23.7 Å². The molecular formula is C15H17N5O2S. The topological polar surface area (TPSA) is 85.8 Å². The van der Waals surface area contributed by atoms with E-state index in [-0.39, 0.29) is 18.4 Å². The predicted octanol–water partition coefficient (Wildman–Crippen LogP) is 1.87. The van der Waals surface area contributed by atoms with E-state index in [4.69, 9.17) is 4.52 Å². The van der Waals surface area contributed by atoms with Gasteiger partial charge in [0.05, 0.1) is 19.0 Å². The number of nitrogens with zero attached hydrogens (tertiary/aromatic N) is 4. The highest BCUT2D eigenvalue weighted by atomic mass is 32.1. The van der Waals surface area contributed by atoms with Crippen LogP contribution in [0.3, 0.4) is 0 Å². The van der Waals surface area contributed by atoms with Crippen LogP contribution in [0.25, 0.3) is 0 Å². The molecule has 0 saturated heterocycles. The first-order valence-corrected chi connectivity index (χ1v) is 8.17. The normalized spacial score (nSPS) is 12.2. The quantitative estimate of drug-likeness (QED) is 0.714. The van der Waals surface area contributed by atoms with E-state index in [1.807, 2.05) is 36.7 Å². The van der Waals surface area contributed by atoms with E-state index in [9.17, 15) is 4.79 Å². The number of carbonyl (C=O) groups is 1. The van der Waals surface area contributed by atoms with Crippen molar-refractivity contribution in [2.75, 3.05) is 0 Å². The Morgan fingerprint density at radius 3 is 3.13 bits per heavy atom. The molecule has 23 heavy (non-hydrogen) atoms. The standard InChI is InChI=1S/C15H17N5O2S/c1-11(10-20-6-3-5-17-20)15(21)16-9-14-18-13(19-22-14)8-12-4-2-7-23-12/h2-7,11H,8-10H2,1H3,(H,16,21). The molecule has 3 rings (SSSR count). The van der Waals surface area contributed by atoms with Gasteiger partial charge in [0.15, 0.2) is 5.82 Å². The monoisotopic (exact) mass is 331 g/mol. The van der Waals surface area contributed by atoms with Gasteiger partial charge in [0.2, 0.25) is 11.8 Å². The summed E-state index contributed by atoms with van der Waals surface area (Å²) in [6, 6.07) is 5.85. The molecule has 1 N–H and O–H groups in total. The van der Waals surface area contributed by atoms with Crippen LogP contribution in [0.15, 0.2) is 40.5 Å². The lowest BCUT2D eigenvalue weighted by molar-refractivity contribution is -0.125. The third-order valence-electron chi connectivity index (χ3n) is 3.30. The summed E-state index contributed by atoms with van der Waals surface area (Å²) in [4.78, 5) is 17.5. The molecular weight excluding hydrogens is 314 g/mol. The van der Waals surface area contributed by atoms with Crippen LogP contribution < -0.4 is 5.32 Å². The van der Waals surface area contributed by atoms with E-state index >= 15 is 0 Å². The van der Waals surface area contributed by atoms with Crippen LogP contribution in [0.4, 0.5) is 0 Å². The second kappa shape index (κ2) is 7.19. The predicted molar refractivity (Wildman–Crippen MR) is 84.7 cm³/mol. The maximum atomic E-state index is 12.1. The molecule has 0 radical (unpaired) electrons. The SMILES string of the molecule is CC(Cn1cccn1)C(=O)NCc1nc(Cc2cccs2)no1. The molecule has 0 spiro atoms. The Balaban J connectivity index is 1.48. The molecule has 1 atom stereocenters. The fraction of sp³-hybridized carbons (Fsp3) is 0.333. The van der Waals surface area contributed by atoms with Crippen LogP contribution in [0.1, 0.15) is 23.5 Å². The molecule has 0 aliphatic rings. The molecule has 8 heteroatoms. The Bertz CT molecular complexity index is 736. The summed E-state index contributed by atoms with van der Waals surface area (Å²) in [6.45, 7) is 2.62. The number of rotatable bonds is 7. The van der Waals surface area contributed by atoms with Gasteiger partial charge in [-0.3, -0.25) is 9.48 Å². The first kappa shape index (κ1) is 15.4. The van der Waals surface area contributed by atoms with E-state index in [1.54, 1.807) is 22.2 Å². The van der Waals surface area contributed by atoms with Crippen molar-refractivity contribution in [1.29, 1.82) is 0 Å². The molecule has 0 fully saturated rings. The molecule has 7 nitrogen and oxygen atoms in total. The van der Waals surface area contributed by atoms with Gasteiger partial charge >= 0.3 is 0 Å². The van der Waals surface area contributed by atoms with Crippen LogP contribution in [0.2, 0.25) is 0 Å². The highest BCUT2D eigenvalue weighted by molar-refractivity contribution is 7.09. The summed E-state index contributed by atoms with van der Waals surface area (Å²) in [5.74, 6) is 0.777. The minimum absolute atomic E-state index is 0.0708. The highest BCUT2D eigenvalue weighted by Crippen LogP contribution is 2.12. The average Bonchev–Trinajstić information content (AvgIpc) is 3.28. The minimum Gasteiger partial charge on any atom is -0.347 e. The number of aromatic nitrogens is 4. The number of hydrogen-bond acceptors (Lipinski definition) is 6. The molecule has 0 aliphatic carbocycles. The molecule has 1 amide bonds. The Kier molecular flexibility index (Phi) is 4.82. The Morgan fingerprint density at radius 1 is 1.48 bits per heavy atom. The molecule has 3 aromatic rings. The van der Waals surface area contributed by atoms with Crippen LogP contribution in [0, 0.1) is 5.92 Å². The zero-order valence-electron chi connectivity index (χ0n) is 12.7. The maximum absolute atomic E-state index is 12.1. The van der Waals surface area contributed by atoms with Crippen LogP contribution >= 0.6 is 11.3 Å². The summed E-state index contributed by atoms with van der Waals surface area (Å²) < 4.78 is 6.89. The molecule has 0 saturated carbocycles. The van der Waals surface area contributed by atoms with Gasteiger partial charge in [-0.25, -0.2) is 0 Å². The van der Waals surface area contributed by atoms with Gasteiger partial charge in [0.1, 0.15) is 0 Å². The van der Waals surface area contributed by atoms with E-state index in [2.05, 4.69) is 20.6 Å². The van der Waals surface area contributed by atoms with Crippen molar-refractivity contribution in [3.8, 4) is 0 Å². The zero-order chi connectivity index (χ0) is 16.1. The lowest BCUT2D eigenvalue weighted by atomic mass is 10.1. The summed E-state index contributed by atoms with van der Waals surface area (Å²) in [7, 11) is 0. The second-order valence-corrected chi connectivity index (χ2v) is 6.24. The van der Waals surface area contributed by atoms with Crippen LogP contribution in [-0.2, 0) is 24.3 Å². The van der Waals surface area contributed by atoms with Crippen molar-refractivity contribution in [2.45, 2.75) is 26.4 Å². The summed E-state index contributed by atoms with van der Waals surface area (Å²) >= 11 is 1.65. The van der Waals surface area contributed by atoms with Gasteiger partial charge in [-0.1, -0.05) is 18.1 Å². The van der Waals surface area contributed by atoms with Crippen molar-refractivity contribution < 1.29 is 9.32 Å². The molecule has 0 aliphatic heterocycles. The smallest absolute Gasteiger partial charge is 0.246 e. The van der Waals surface area contributed by atoms with Gasteiger partial charge in [0.25, 0.3) is 0 Å². The molecule has 0 aromatic carbocycles. The largest absolute Gasteiger partial charge is 0.347 e. The fourth-order valence-electron chi connectivity index (χ4n) is 2.11. The van der Waals surface area contributed by atoms with Crippen molar-refractivity contribution in [1.82, 2.24) is 25.2 Å². The van der Waals surface area contributed by atoms with Crippen molar-refractivity contribution in [2.24, 2.45) is 5.92 Å². The fourth-order valence-corrected chi connectivity index (χ4v) is 2.81. The third-order valence-corrected chi connectivity index (χ3v) is 4.18. The number of thiophene rings is 1. The third kappa shape index (κ3) is 4.26. The minimum atomic E-state index is -0.191. The number of amides is 1. The van der Waals surface area contributed by atoms with Crippen molar-refractivity contribution >= 4 is 17.2 Å². The lowest BCUT2D eigenvalue weighted by Crippen LogP contribution is -2.31. The average molecular weight is 331 g/mol. The highest BCUT2D eigenvalue weighted by Gasteiger charge is 2.15. The Hall–Kier alpha value is -2.48.